The van der Waals surface area contributed by atoms with Gasteiger partial charge in [0.1, 0.15) is 0 Å². The molecule has 0 radical (unpaired) electrons. The van der Waals surface area contributed by atoms with Gasteiger partial charge in [-0.3, -0.25) is 0 Å². The van der Waals surface area contributed by atoms with Crippen molar-refractivity contribution < 1.29 is 4.74 Å². The summed E-state index contributed by atoms with van der Waals surface area (Å²) in [6.07, 6.45) is 11.4. The maximum atomic E-state index is 6.31. The number of unbranched alkanes of at least 4 members (excludes halogenated alkanes) is 3. The summed E-state index contributed by atoms with van der Waals surface area (Å²) < 4.78 is 6.31. The molecular formula is C15H33OP. The van der Waals surface area contributed by atoms with Gasteiger partial charge in [0.2, 0.25) is 0 Å². The van der Waals surface area contributed by atoms with Crippen molar-refractivity contribution in [1.82, 2.24) is 0 Å². The highest BCUT2D eigenvalue weighted by atomic mass is 31.0. The van der Waals surface area contributed by atoms with E-state index in [4.69, 9.17) is 4.74 Å². The Bertz CT molecular complexity index is 147. The lowest BCUT2D eigenvalue weighted by atomic mass is 9.86. The molecule has 0 saturated carbocycles. The van der Waals surface area contributed by atoms with E-state index in [9.17, 15) is 0 Å². The van der Waals surface area contributed by atoms with Gasteiger partial charge in [-0.05, 0) is 26.2 Å². The minimum atomic E-state index is 0.156. The molecule has 0 amide bonds. The van der Waals surface area contributed by atoms with Crippen LogP contribution in [0.5, 0.6) is 0 Å². The molecule has 0 aromatic carbocycles. The average molecular weight is 260 g/mol. The summed E-state index contributed by atoms with van der Waals surface area (Å²) in [4.78, 5) is 0. The van der Waals surface area contributed by atoms with Gasteiger partial charge in [-0.25, -0.2) is 0 Å². The third kappa shape index (κ3) is 8.16. The second-order valence-electron chi connectivity index (χ2n) is 5.32. The minimum absolute atomic E-state index is 0.156. The molecule has 1 nitrogen and oxygen atoms in total. The number of hydrogen-bond donors (Lipinski definition) is 0. The van der Waals surface area contributed by atoms with Crippen LogP contribution in [0.4, 0.5) is 0 Å². The van der Waals surface area contributed by atoms with Crippen molar-refractivity contribution in [3.63, 3.8) is 0 Å². The van der Waals surface area contributed by atoms with Gasteiger partial charge in [-0.15, -0.1) is 9.24 Å². The zero-order chi connectivity index (χ0) is 13.1. The molecule has 2 heteroatoms. The number of hydrogen-bond acceptors (Lipinski definition) is 1. The number of ether oxygens (including phenoxy) is 1. The van der Waals surface area contributed by atoms with Crippen molar-refractivity contribution in [3.8, 4) is 0 Å². The van der Waals surface area contributed by atoms with Crippen molar-refractivity contribution in [3.05, 3.63) is 0 Å². The maximum Gasteiger partial charge on any atom is 0.0690 e. The molecule has 0 heterocycles. The third-order valence-corrected chi connectivity index (χ3v) is 3.53. The van der Waals surface area contributed by atoms with Crippen LogP contribution in [0.2, 0.25) is 0 Å². The molecule has 0 aromatic rings. The zero-order valence-corrected chi connectivity index (χ0v) is 13.6. The molecule has 0 N–H and O–H groups in total. The fourth-order valence-electron chi connectivity index (χ4n) is 2.44. The lowest BCUT2D eigenvalue weighted by Crippen LogP contribution is -2.34. The predicted octanol–water partition coefficient (Wildman–Crippen LogP) is 5.53. The van der Waals surface area contributed by atoms with E-state index in [-0.39, 0.29) is 11.4 Å². The molecular weight excluding hydrogens is 227 g/mol. The second kappa shape index (κ2) is 10.3. The molecule has 0 saturated heterocycles. The van der Waals surface area contributed by atoms with Crippen molar-refractivity contribution in [1.29, 1.82) is 0 Å². The summed E-state index contributed by atoms with van der Waals surface area (Å²) in [6, 6.07) is 0. The number of rotatable bonds is 11. The van der Waals surface area contributed by atoms with E-state index >= 15 is 0 Å². The van der Waals surface area contributed by atoms with Gasteiger partial charge in [0.05, 0.1) is 11.4 Å². The Hall–Kier alpha value is 0.390. The van der Waals surface area contributed by atoms with E-state index in [0.717, 1.165) is 0 Å². The van der Waals surface area contributed by atoms with Crippen molar-refractivity contribution >= 4 is 9.24 Å². The van der Waals surface area contributed by atoms with Crippen molar-refractivity contribution in [2.45, 2.75) is 96.9 Å². The summed E-state index contributed by atoms with van der Waals surface area (Å²) >= 11 is 0. The van der Waals surface area contributed by atoms with Crippen molar-refractivity contribution in [2.75, 3.05) is 0 Å². The van der Waals surface area contributed by atoms with Gasteiger partial charge in [0, 0.05) is 0 Å². The Morgan fingerprint density at radius 2 is 1.24 bits per heavy atom. The van der Waals surface area contributed by atoms with Crippen LogP contribution in [0.3, 0.4) is 0 Å². The fourth-order valence-corrected chi connectivity index (χ4v) is 2.73. The average Bonchev–Trinajstić information content (AvgIpc) is 2.30. The van der Waals surface area contributed by atoms with Gasteiger partial charge in [-0.1, -0.05) is 59.3 Å². The van der Waals surface area contributed by atoms with Gasteiger partial charge in [0.25, 0.3) is 0 Å². The summed E-state index contributed by atoms with van der Waals surface area (Å²) in [5.74, 6) is 0.278. The fraction of sp³-hybridized carbons (Fsp3) is 1.00. The van der Waals surface area contributed by atoms with E-state index in [2.05, 4.69) is 36.9 Å². The van der Waals surface area contributed by atoms with Gasteiger partial charge in [0.15, 0.2) is 0 Å². The smallest absolute Gasteiger partial charge is 0.0690 e. The van der Waals surface area contributed by atoms with Crippen LogP contribution < -0.4 is 0 Å². The minimum Gasteiger partial charge on any atom is -0.368 e. The van der Waals surface area contributed by atoms with Crippen LogP contribution in [-0.4, -0.2) is 11.4 Å². The zero-order valence-electron chi connectivity index (χ0n) is 12.4. The molecule has 0 aliphatic heterocycles. The summed E-state index contributed by atoms with van der Waals surface area (Å²) in [6.45, 7) is 8.96. The van der Waals surface area contributed by atoms with Gasteiger partial charge < -0.3 is 4.74 Å². The molecule has 2 atom stereocenters. The standard InChI is InChI=1S/C15H33OP/c1-5-8-11-15(12-9-6-2,13-10-7-3)16-14(4)17/h14H,5-13,17H2,1-4H3. The van der Waals surface area contributed by atoms with Crippen molar-refractivity contribution in [2.24, 2.45) is 0 Å². The van der Waals surface area contributed by atoms with Crippen LogP contribution in [0.25, 0.3) is 0 Å². The van der Waals surface area contributed by atoms with E-state index < -0.39 is 0 Å². The molecule has 0 aliphatic rings. The molecule has 17 heavy (non-hydrogen) atoms. The van der Waals surface area contributed by atoms with E-state index in [0.29, 0.717) is 0 Å². The Labute approximate surface area is 111 Å². The normalized spacial score (nSPS) is 13.9. The Kier molecular flexibility index (Phi) is 10.6. The predicted molar refractivity (Wildman–Crippen MR) is 81.6 cm³/mol. The highest BCUT2D eigenvalue weighted by Gasteiger charge is 2.30. The molecule has 2 unspecified atom stereocenters. The first-order valence-corrected chi connectivity index (χ1v) is 8.20. The molecule has 0 bridgehead atoms. The molecule has 0 aromatic heterocycles. The van der Waals surface area contributed by atoms with E-state index in [1.807, 2.05) is 0 Å². The topological polar surface area (TPSA) is 9.23 Å². The summed E-state index contributed by atoms with van der Waals surface area (Å²) in [5, 5.41) is 0. The maximum absolute atomic E-state index is 6.31. The second-order valence-corrected chi connectivity index (χ2v) is 6.26. The molecule has 0 fully saturated rings. The van der Waals surface area contributed by atoms with Crippen LogP contribution in [0.1, 0.15) is 85.5 Å². The molecule has 0 spiro atoms. The highest BCUT2D eigenvalue weighted by Crippen LogP contribution is 2.33. The quantitative estimate of drug-likeness (QED) is 0.444. The summed E-state index contributed by atoms with van der Waals surface area (Å²) in [5.41, 5.74) is 0.156. The Morgan fingerprint density at radius 3 is 1.47 bits per heavy atom. The van der Waals surface area contributed by atoms with Crippen LogP contribution in [0.15, 0.2) is 0 Å². The SMILES string of the molecule is CCCCC(CCCC)(CCCC)OC(C)P. The first kappa shape index (κ1) is 17.4. The van der Waals surface area contributed by atoms with Gasteiger partial charge in [-0.2, -0.15) is 0 Å². The van der Waals surface area contributed by atoms with Gasteiger partial charge >= 0.3 is 0 Å². The molecule has 104 valence electrons. The van der Waals surface area contributed by atoms with Crippen LogP contribution >= 0.6 is 9.24 Å². The summed E-state index contributed by atoms with van der Waals surface area (Å²) in [7, 11) is 2.79. The van der Waals surface area contributed by atoms with Crippen LogP contribution in [-0.2, 0) is 4.74 Å². The highest BCUT2D eigenvalue weighted by molar-refractivity contribution is 7.17. The first-order valence-electron chi connectivity index (χ1n) is 7.53. The van der Waals surface area contributed by atoms with E-state index in [1.54, 1.807) is 0 Å². The van der Waals surface area contributed by atoms with E-state index in [1.165, 1.54) is 57.8 Å². The monoisotopic (exact) mass is 260 g/mol. The third-order valence-electron chi connectivity index (χ3n) is 3.39. The lowest BCUT2D eigenvalue weighted by Gasteiger charge is -2.36. The first-order chi connectivity index (χ1) is 8.10. The Balaban J connectivity index is 4.51. The lowest BCUT2D eigenvalue weighted by molar-refractivity contribution is -0.0752. The molecule has 0 rings (SSSR count). The van der Waals surface area contributed by atoms with Crippen LogP contribution in [0, 0.1) is 0 Å². The Morgan fingerprint density at radius 1 is 0.882 bits per heavy atom. The molecule has 0 aliphatic carbocycles. The largest absolute Gasteiger partial charge is 0.368 e.